The van der Waals surface area contributed by atoms with Crippen molar-refractivity contribution in [1.29, 1.82) is 0 Å². The van der Waals surface area contributed by atoms with E-state index in [0.717, 1.165) is 19.3 Å². The monoisotopic (exact) mass is 194 g/mol. The van der Waals surface area contributed by atoms with E-state index < -0.39 is 22.9 Å². The molecule has 0 radical (unpaired) electrons. The minimum Gasteiger partial charge on any atom is -0.456 e. The van der Waals surface area contributed by atoms with E-state index in [9.17, 15) is 9.59 Å². The van der Waals surface area contributed by atoms with Gasteiger partial charge in [0.05, 0.1) is 0 Å². The lowest BCUT2D eigenvalue weighted by Crippen LogP contribution is -2.45. The standard InChI is InChI=1S/C9H11BO4/c1-2-8-9(10-8,5-3-4-5)14-7(12)6(11)13-8/h5,10H,2-4H2,1H3. The fourth-order valence-electron chi connectivity index (χ4n) is 2.70. The summed E-state index contributed by atoms with van der Waals surface area (Å²) in [6.45, 7) is 1.97. The van der Waals surface area contributed by atoms with E-state index in [1.807, 2.05) is 6.92 Å². The van der Waals surface area contributed by atoms with E-state index in [0.29, 0.717) is 13.2 Å². The van der Waals surface area contributed by atoms with Gasteiger partial charge in [-0.3, -0.25) is 0 Å². The summed E-state index contributed by atoms with van der Waals surface area (Å²) < 4.78 is 10.5. The van der Waals surface area contributed by atoms with Gasteiger partial charge in [0.1, 0.15) is 11.0 Å². The molecule has 2 unspecified atom stereocenters. The van der Waals surface area contributed by atoms with Crippen molar-refractivity contribution >= 4 is 19.2 Å². The zero-order valence-electron chi connectivity index (χ0n) is 8.04. The van der Waals surface area contributed by atoms with Gasteiger partial charge in [0, 0.05) is 0 Å². The van der Waals surface area contributed by atoms with Gasteiger partial charge in [0.25, 0.3) is 0 Å². The number of fused-ring (bicyclic) bond motifs is 1. The van der Waals surface area contributed by atoms with Crippen LogP contribution >= 0.6 is 0 Å². The fourth-order valence-corrected chi connectivity index (χ4v) is 2.70. The zero-order chi connectivity index (χ0) is 9.97. The molecule has 0 amide bonds. The van der Waals surface area contributed by atoms with Crippen LogP contribution in [0.25, 0.3) is 0 Å². The van der Waals surface area contributed by atoms with Gasteiger partial charge in [0.15, 0.2) is 0 Å². The van der Waals surface area contributed by atoms with Crippen LogP contribution in [0.5, 0.6) is 0 Å². The van der Waals surface area contributed by atoms with Crippen LogP contribution in [0.1, 0.15) is 26.2 Å². The minimum atomic E-state index is -0.819. The van der Waals surface area contributed by atoms with Gasteiger partial charge in [0.2, 0.25) is 7.28 Å². The van der Waals surface area contributed by atoms with Crippen LogP contribution in [-0.2, 0) is 19.1 Å². The van der Waals surface area contributed by atoms with Crippen LogP contribution in [0.3, 0.4) is 0 Å². The summed E-state index contributed by atoms with van der Waals surface area (Å²) >= 11 is 0. The Hall–Kier alpha value is -0.995. The normalized spacial score (nSPS) is 44.6. The Labute approximate surface area is 82.2 Å². The van der Waals surface area contributed by atoms with E-state index in [1.165, 1.54) is 0 Å². The highest BCUT2D eigenvalue weighted by molar-refractivity contribution is 6.61. The number of esters is 2. The highest BCUT2D eigenvalue weighted by Crippen LogP contribution is 2.61. The molecule has 14 heavy (non-hydrogen) atoms. The van der Waals surface area contributed by atoms with E-state index in [4.69, 9.17) is 9.47 Å². The maximum Gasteiger partial charge on any atom is 0.417 e. The van der Waals surface area contributed by atoms with Crippen LogP contribution in [0.2, 0.25) is 0 Å². The Balaban J connectivity index is 1.93. The smallest absolute Gasteiger partial charge is 0.417 e. The molecule has 3 fully saturated rings. The average molecular weight is 194 g/mol. The first-order chi connectivity index (χ1) is 6.63. The average Bonchev–Trinajstić information content (AvgIpc) is 2.96. The van der Waals surface area contributed by atoms with Crippen LogP contribution in [0, 0.1) is 5.92 Å². The maximum atomic E-state index is 11.1. The first-order valence-corrected chi connectivity index (χ1v) is 5.10. The van der Waals surface area contributed by atoms with Crippen molar-refractivity contribution < 1.29 is 19.1 Å². The van der Waals surface area contributed by atoms with Crippen LogP contribution in [0.4, 0.5) is 0 Å². The highest BCUT2D eigenvalue weighted by Gasteiger charge is 2.81. The Morgan fingerprint density at radius 3 is 2.57 bits per heavy atom. The third kappa shape index (κ3) is 0.763. The topological polar surface area (TPSA) is 52.6 Å². The summed E-state index contributed by atoms with van der Waals surface area (Å²) in [6, 6.07) is 0. The summed E-state index contributed by atoms with van der Waals surface area (Å²) in [5.74, 6) is -1.20. The lowest BCUT2D eigenvalue weighted by atomic mass is 9.92. The van der Waals surface area contributed by atoms with Gasteiger partial charge in [-0.2, -0.15) is 0 Å². The number of hydrogen-bond donors (Lipinski definition) is 0. The first-order valence-electron chi connectivity index (χ1n) is 5.10. The van der Waals surface area contributed by atoms with Crippen molar-refractivity contribution in [3.05, 3.63) is 0 Å². The van der Waals surface area contributed by atoms with E-state index in [-0.39, 0.29) is 0 Å². The molecule has 0 aromatic carbocycles. The molecule has 1 saturated carbocycles. The Bertz CT molecular complexity index is 338. The second kappa shape index (κ2) is 2.15. The number of carbonyl (C=O) groups is 2. The quantitative estimate of drug-likeness (QED) is 0.345. The maximum absolute atomic E-state index is 11.1. The number of ether oxygens (including phenoxy) is 2. The molecular weight excluding hydrogens is 183 g/mol. The molecule has 0 aromatic heterocycles. The molecule has 0 aromatic rings. The van der Waals surface area contributed by atoms with Crippen LogP contribution in [-0.4, -0.2) is 30.2 Å². The summed E-state index contributed by atoms with van der Waals surface area (Å²) in [4.78, 5) is 22.2. The molecular formula is C9H11BO4. The van der Waals surface area contributed by atoms with Gasteiger partial charge in [-0.15, -0.1) is 0 Å². The predicted molar refractivity (Wildman–Crippen MR) is 47.8 cm³/mol. The van der Waals surface area contributed by atoms with Gasteiger partial charge in [-0.25, -0.2) is 9.59 Å². The highest BCUT2D eigenvalue weighted by atomic mass is 16.7. The van der Waals surface area contributed by atoms with Gasteiger partial charge in [-0.1, -0.05) is 6.92 Å². The third-order valence-electron chi connectivity index (χ3n) is 3.73. The van der Waals surface area contributed by atoms with Crippen molar-refractivity contribution in [2.45, 2.75) is 37.2 Å². The molecule has 2 heterocycles. The summed E-state index contributed by atoms with van der Waals surface area (Å²) in [6.07, 6.45) is 2.92. The Morgan fingerprint density at radius 1 is 1.36 bits per heavy atom. The summed E-state index contributed by atoms with van der Waals surface area (Å²) in [7, 11) is 0.707. The number of hydrogen-bond acceptors (Lipinski definition) is 4. The molecule has 2 aliphatic heterocycles. The van der Waals surface area contributed by atoms with E-state index in [2.05, 4.69) is 0 Å². The predicted octanol–water partition coefficient (Wildman–Crippen LogP) is -0.251. The Kier molecular flexibility index (Phi) is 1.28. The molecule has 4 nitrogen and oxygen atoms in total. The minimum absolute atomic E-state index is 0.430. The molecule has 2 atom stereocenters. The molecule has 0 bridgehead atoms. The first kappa shape index (κ1) is 8.32. The van der Waals surface area contributed by atoms with Crippen molar-refractivity contribution in [3.8, 4) is 0 Å². The SMILES string of the molecule is CCC12BC1(C1CC1)OC(=O)C(=O)O2. The lowest BCUT2D eigenvalue weighted by Gasteiger charge is -2.30. The van der Waals surface area contributed by atoms with Crippen molar-refractivity contribution in [2.75, 3.05) is 0 Å². The second-order valence-corrected chi connectivity index (χ2v) is 4.47. The van der Waals surface area contributed by atoms with E-state index in [1.54, 1.807) is 0 Å². The van der Waals surface area contributed by atoms with Gasteiger partial charge < -0.3 is 9.47 Å². The molecule has 1 aliphatic carbocycles. The van der Waals surface area contributed by atoms with Crippen molar-refractivity contribution in [1.82, 2.24) is 0 Å². The molecule has 5 heteroatoms. The second-order valence-electron chi connectivity index (χ2n) is 4.47. The molecule has 3 rings (SSSR count). The Morgan fingerprint density at radius 2 is 2.00 bits per heavy atom. The molecule has 2 saturated heterocycles. The lowest BCUT2D eigenvalue weighted by molar-refractivity contribution is -0.197. The van der Waals surface area contributed by atoms with Crippen molar-refractivity contribution in [2.24, 2.45) is 5.92 Å². The summed E-state index contributed by atoms with van der Waals surface area (Å²) in [5, 5.41) is 0. The molecule has 0 spiro atoms. The largest absolute Gasteiger partial charge is 0.456 e. The van der Waals surface area contributed by atoms with Crippen LogP contribution < -0.4 is 0 Å². The van der Waals surface area contributed by atoms with Crippen LogP contribution in [0.15, 0.2) is 0 Å². The number of rotatable bonds is 2. The van der Waals surface area contributed by atoms with E-state index >= 15 is 0 Å². The number of carbonyl (C=O) groups excluding carboxylic acids is 2. The molecule has 3 aliphatic rings. The van der Waals surface area contributed by atoms with Gasteiger partial charge >= 0.3 is 11.9 Å². The molecule has 74 valence electrons. The van der Waals surface area contributed by atoms with Gasteiger partial charge in [-0.05, 0) is 25.2 Å². The zero-order valence-corrected chi connectivity index (χ0v) is 8.04. The third-order valence-corrected chi connectivity index (χ3v) is 3.73. The summed E-state index contributed by atoms with van der Waals surface area (Å²) in [5.41, 5.74) is -0.911. The van der Waals surface area contributed by atoms with Crippen molar-refractivity contribution in [3.63, 3.8) is 0 Å². The molecule has 0 N–H and O–H groups in total. The fraction of sp³-hybridized carbons (Fsp3) is 0.778.